The fraction of sp³-hybridized carbons (Fsp3) is 0.0625. The number of carbonyl (C=O) groups excluding carboxylic acids is 1. The van der Waals surface area contributed by atoms with E-state index < -0.39 is 18.5 Å². The topological polar surface area (TPSA) is 112 Å². The van der Waals surface area contributed by atoms with Crippen LogP contribution in [-0.4, -0.2) is 33.5 Å². The van der Waals surface area contributed by atoms with Crippen LogP contribution in [0.5, 0.6) is 0 Å². The van der Waals surface area contributed by atoms with E-state index >= 15 is 0 Å². The Morgan fingerprint density at radius 3 is 2.14 bits per heavy atom. The molecule has 2 aromatic rings. The molecule has 0 aliphatic rings. The quantitative estimate of drug-likeness (QED) is 0.729. The van der Waals surface area contributed by atoms with Crippen LogP contribution in [0.4, 0.5) is 0 Å². The predicted molar refractivity (Wildman–Crippen MR) is 77.1 cm³/mol. The van der Waals surface area contributed by atoms with Crippen molar-refractivity contribution in [3.05, 3.63) is 58.7 Å². The molecule has 6 nitrogen and oxygen atoms in total. The summed E-state index contributed by atoms with van der Waals surface area (Å²) in [6, 6.07) is 9.27. The van der Waals surface area contributed by atoms with E-state index in [1.54, 1.807) is 30.3 Å². The van der Waals surface area contributed by atoms with E-state index in [0.717, 1.165) is 6.07 Å². The third-order valence-corrected chi connectivity index (χ3v) is 3.25. The standard InChI is InChI=1S/C16H12O6/c17-7-10-6-11(15(19)20)13(9-4-2-1-3-5-9)12(8-18)14(10)16(21)22/h1-7,18H,8H2,(H,19,20)(H,21,22). The first kappa shape index (κ1) is 15.4. The molecule has 112 valence electrons. The van der Waals surface area contributed by atoms with Crippen LogP contribution in [0, 0.1) is 0 Å². The van der Waals surface area contributed by atoms with Gasteiger partial charge in [0.1, 0.15) is 0 Å². The Bertz CT molecular complexity index is 749. The molecule has 0 atom stereocenters. The first-order valence-corrected chi connectivity index (χ1v) is 6.29. The summed E-state index contributed by atoms with van der Waals surface area (Å²) >= 11 is 0. The molecular formula is C16H12O6. The molecule has 3 N–H and O–H groups in total. The Morgan fingerprint density at radius 2 is 1.68 bits per heavy atom. The summed E-state index contributed by atoms with van der Waals surface area (Å²) in [7, 11) is 0. The first-order chi connectivity index (χ1) is 10.5. The zero-order valence-corrected chi connectivity index (χ0v) is 11.3. The summed E-state index contributed by atoms with van der Waals surface area (Å²) in [5.74, 6) is -2.71. The molecule has 0 saturated carbocycles. The van der Waals surface area contributed by atoms with Crippen LogP contribution in [-0.2, 0) is 6.61 Å². The lowest BCUT2D eigenvalue weighted by molar-refractivity contribution is 0.0677. The van der Waals surface area contributed by atoms with E-state index in [0.29, 0.717) is 5.56 Å². The smallest absolute Gasteiger partial charge is 0.336 e. The third-order valence-electron chi connectivity index (χ3n) is 3.25. The zero-order valence-electron chi connectivity index (χ0n) is 11.3. The van der Waals surface area contributed by atoms with Crippen molar-refractivity contribution in [1.29, 1.82) is 0 Å². The average molecular weight is 300 g/mol. The zero-order chi connectivity index (χ0) is 16.3. The van der Waals surface area contributed by atoms with Gasteiger partial charge in [-0.1, -0.05) is 30.3 Å². The maximum Gasteiger partial charge on any atom is 0.336 e. The van der Waals surface area contributed by atoms with Gasteiger partial charge in [-0.3, -0.25) is 4.79 Å². The first-order valence-electron chi connectivity index (χ1n) is 6.29. The number of aldehydes is 1. The monoisotopic (exact) mass is 300 g/mol. The largest absolute Gasteiger partial charge is 0.478 e. The minimum atomic E-state index is -1.40. The summed E-state index contributed by atoms with van der Waals surface area (Å²) in [6.45, 7) is -0.701. The second-order valence-electron chi connectivity index (χ2n) is 4.49. The van der Waals surface area contributed by atoms with Gasteiger partial charge in [0.15, 0.2) is 6.29 Å². The van der Waals surface area contributed by atoms with Crippen molar-refractivity contribution >= 4 is 18.2 Å². The number of rotatable bonds is 5. The highest BCUT2D eigenvalue weighted by Gasteiger charge is 2.25. The van der Waals surface area contributed by atoms with Gasteiger partial charge in [0.25, 0.3) is 0 Å². The highest BCUT2D eigenvalue weighted by molar-refractivity contribution is 6.06. The molecule has 2 rings (SSSR count). The van der Waals surface area contributed by atoms with Crippen LogP contribution < -0.4 is 0 Å². The molecule has 0 heterocycles. The summed E-state index contributed by atoms with van der Waals surface area (Å²) in [6.07, 6.45) is 0.268. The number of benzene rings is 2. The molecule has 0 amide bonds. The van der Waals surface area contributed by atoms with Crippen LogP contribution in [0.2, 0.25) is 0 Å². The lowest BCUT2D eigenvalue weighted by Gasteiger charge is -2.16. The highest BCUT2D eigenvalue weighted by atomic mass is 16.4. The van der Waals surface area contributed by atoms with Crippen LogP contribution >= 0.6 is 0 Å². The number of aliphatic hydroxyl groups excluding tert-OH is 1. The number of carbonyl (C=O) groups is 3. The molecule has 0 bridgehead atoms. The summed E-state index contributed by atoms with van der Waals surface area (Å²) in [5, 5.41) is 28.2. The van der Waals surface area contributed by atoms with Gasteiger partial charge in [0, 0.05) is 16.7 Å². The molecule has 0 spiro atoms. The molecule has 2 aromatic carbocycles. The minimum absolute atomic E-state index is 0.0959. The van der Waals surface area contributed by atoms with Gasteiger partial charge in [-0.2, -0.15) is 0 Å². The maximum absolute atomic E-state index is 11.5. The van der Waals surface area contributed by atoms with Gasteiger partial charge < -0.3 is 15.3 Å². The van der Waals surface area contributed by atoms with Crippen LogP contribution in [0.25, 0.3) is 11.1 Å². The fourth-order valence-corrected chi connectivity index (χ4v) is 2.37. The van der Waals surface area contributed by atoms with E-state index in [2.05, 4.69) is 0 Å². The summed E-state index contributed by atoms with van der Waals surface area (Å²) < 4.78 is 0. The Kier molecular flexibility index (Phi) is 4.33. The van der Waals surface area contributed by atoms with Crippen LogP contribution in [0.3, 0.4) is 0 Å². The van der Waals surface area contributed by atoms with Crippen molar-refractivity contribution in [3.8, 4) is 11.1 Å². The normalized spacial score (nSPS) is 10.2. The molecule has 0 aliphatic heterocycles. The third kappa shape index (κ3) is 2.59. The van der Waals surface area contributed by atoms with Crippen LogP contribution in [0.15, 0.2) is 36.4 Å². The van der Waals surface area contributed by atoms with Gasteiger partial charge in [-0.25, -0.2) is 9.59 Å². The maximum atomic E-state index is 11.5. The second kappa shape index (κ2) is 6.19. The van der Waals surface area contributed by atoms with Crippen molar-refractivity contribution in [2.75, 3.05) is 0 Å². The number of carboxylic acid groups (broad SMARTS) is 2. The SMILES string of the molecule is O=Cc1cc(C(=O)O)c(-c2ccccc2)c(CO)c1C(=O)O. The van der Waals surface area contributed by atoms with Crippen molar-refractivity contribution < 1.29 is 29.7 Å². The molecule has 0 aliphatic carbocycles. The van der Waals surface area contributed by atoms with E-state index in [1.807, 2.05) is 0 Å². The van der Waals surface area contributed by atoms with Crippen molar-refractivity contribution in [1.82, 2.24) is 0 Å². The Balaban J connectivity index is 2.96. The van der Waals surface area contributed by atoms with Crippen molar-refractivity contribution in [2.24, 2.45) is 0 Å². The van der Waals surface area contributed by atoms with Gasteiger partial charge in [-0.05, 0) is 11.6 Å². The summed E-state index contributed by atoms with van der Waals surface area (Å²) in [4.78, 5) is 34.0. The second-order valence-corrected chi connectivity index (χ2v) is 4.49. The number of aromatic carboxylic acids is 2. The average Bonchev–Trinajstić information content (AvgIpc) is 2.53. The van der Waals surface area contributed by atoms with E-state index in [4.69, 9.17) is 0 Å². The van der Waals surface area contributed by atoms with Crippen molar-refractivity contribution in [2.45, 2.75) is 6.61 Å². The number of hydrogen-bond donors (Lipinski definition) is 3. The Hall–Kier alpha value is -2.99. The molecule has 22 heavy (non-hydrogen) atoms. The molecule has 0 saturated heterocycles. The molecule has 0 aromatic heterocycles. The van der Waals surface area contributed by atoms with Gasteiger partial charge in [0.2, 0.25) is 0 Å². The molecule has 6 heteroatoms. The fourth-order valence-electron chi connectivity index (χ4n) is 2.37. The predicted octanol–water partition coefficient (Wildman–Crippen LogP) is 2.05. The molecular weight excluding hydrogens is 288 g/mol. The van der Waals surface area contributed by atoms with Crippen molar-refractivity contribution in [3.63, 3.8) is 0 Å². The Labute approximate surface area is 125 Å². The Morgan fingerprint density at radius 1 is 1.05 bits per heavy atom. The highest BCUT2D eigenvalue weighted by Crippen LogP contribution is 2.32. The number of hydrogen-bond acceptors (Lipinski definition) is 4. The molecule has 0 radical (unpaired) electrons. The number of carboxylic acids is 2. The lowest BCUT2D eigenvalue weighted by Crippen LogP contribution is -2.13. The van der Waals surface area contributed by atoms with Gasteiger partial charge >= 0.3 is 11.9 Å². The molecule has 0 fully saturated rings. The van der Waals surface area contributed by atoms with Gasteiger partial charge in [0.05, 0.1) is 17.7 Å². The van der Waals surface area contributed by atoms with Gasteiger partial charge in [-0.15, -0.1) is 0 Å². The minimum Gasteiger partial charge on any atom is -0.478 e. The number of aliphatic hydroxyl groups is 1. The van der Waals surface area contributed by atoms with E-state index in [9.17, 15) is 29.7 Å². The van der Waals surface area contributed by atoms with E-state index in [-0.39, 0.29) is 34.1 Å². The van der Waals surface area contributed by atoms with Crippen LogP contribution in [0.1, 0.15) is 36.6 Å². The molecule has 0 unspecified atom stereocenters. The lowest BCUT2D eigenvalue weighted by atomic mass is 9.88. The van der Waals surface area contributed by atoms with E-state index in [1.165, 1.54) is 0 Å². The summed E-state index contributed by atoms with van der Waals surface area (Å²) in [5.41, 5.74) is -0.458.